The van der Waals surface area contributed by atoms with Crippen LogP contribution in [-0.4, -0.2) is 23.2 Å². The first-order valence-corrected chi connectivity index (χ1v) is 8.28. The zero-order valence-electron chi connectivity index (χ0n) is 12.7. The molecule has 5 heteroatoms. The van der Waals surface area contributed by atoms with Gasteiger partial charge in [-0.2, -0.15) is 0 Å². The summed E-state index contributed by atoms with van der Waals surface area (Å²) >= 11 is 1.52. The molecule has 2 aromatic carbocycles. The van der Waals surface area contributed by atoms with E-state index < -0.39 is 5.97 Å². The third-order valence-electron chi connectivity index (χ3n) is 3.71. The van der Waals surface area contributed by atoms with Crippen LogP contribution in [0.2, 0.25) is 0 Å². The van der Waals surface area contributed by atoms with Crippen molar-refractivity contribution in [3.63, 3.8) is 0 Å². The summed E-state index contributed by atoms with van der Waals surface area (Å²) < 4.78 is 0. The zero-order valence-corrected chi connectivity index (χ0v) is 13.6. The van der Waals surface area contributed by atoms with Crippen LogP contribution in [0.25, 0.3) is 5.70 Å². The number of carbonyl (C=O) groups is 2. The van der Waals surface area contributed by atoms with E-state index in [0.29, 0.717) is 22.5 Å². The van der Waals surface area contributed by atoms with Crippen molar-refractivity contribution in [2.24, 2.45) is 0 Å². The number of amides is 1. The molecule has 1 aliphatic heterocycles. The molecule has 0 unspecified atom stereocenters. The first-order chi connectivity index (χ1) is 11.0. The van der Waals surface area contributed by atoms with Gasteiger partial charge in [0.2, 0.25) is 0 Å². The molecule has 0 radical (unpaired) electrons. The van der Waals surface area contributed by atoms with Crippen molar-refractivity contribution >= 4 is 35.0 Å². The quantitative estimate of drug-likeness (QED) is 0.689. The van der Waals surface area contributed by atoms with E-state index in [2.05, 4.69) is 0 Å². The summed E-state index contributed by atoms with van der Waals surface area (Å²) in [5, 5.41) is 9.21. The first kappa shape index (κ1) is 15.4. The highest BCUT2D eigenvalue weighted by Gasteiger charge is 2.35. The molecule has 1 amide bonds. The number of carboxylic acids is 1. The van der Waals surface area contributed by atoms with E-state index in [0.717, 1.165) is 16.5 Å². The Bertz CT molecular complexity index is 842. The molecule has 23 heavy (non-hydrogen) atoms. The predicted octanol–water partition coefficient (Wildman–Crippen LogP) is 3.80. The Morgan fingerprint density at radius 1 is 1.17 bits per heavy atom. The Balaban J connectivity index is 2.24. The number of nitrogens with zero attached hydrogens (tertiary/aromatic N) is 1. The summed E-state index contributed by atoms with van der Waals surface area (Å²) in [6.07, 6.45) is 3.02. The van der Waals surface area contributed by atoms with Crippen molar-refractivity contribution in [2.45, 2.75) is 11.8 Å². The number of hydrogen-bond donors (Lipinski definition) is 1. The van der Waals surface area contributed by atoms with E-state index in [1.54, 1.807) is 12.1 Å². The fourth-order valence-corrected chi connectivity index (χ4v) is 3.30. The third-order valence-corrected chi connectivity index (χ3v) is 4.50. The van der Waals surface area contributed by atoms with E-state index in [1.165, 1.54) is 16.7 Å². The smallest absolute Gasteiger partial charge is 0.330 e. The van der Waals surface area contributed by atoms with Crippen LogP contribution < -0.4 is 4.90 Å². The lowest BCUT2D eigenvalue weighted by Crippen LogP contribution is -2.23. The summed E-state index contributed by atoms with van der Waals surface area (Å²) in [7, 11) is 0. The van der Waals surface area contributed by atoms with Gasteiger partial charge in [-0.25, -0.2) is 4.79 Å². The number of thioether (sulfide) groups is 1. The van der Waals surface area contributed by atoms with Gasteiger partial charge in [0.25, 0.3) is 5.91 Å². The van der Waals surface area contributed by atoms with Crippen molar-refractivity contribution in [3.05, 3.63) is 65.2 Å². The van der Waals surface area contributed by atoms with Gasteiger partial charge in [0, 0.05) is 22.1 Å². The number of para-hydroxylation sites is 1. The number of rotatable bonds is 3. The normalized spacial score (nSPS) is 15.1. The van der Waals surface area contributed by atoms with Crippen LogP contribution in [0.3, 0.4) is 0 Å². The highest BCUT2D eigenvalue weighted by atomic mass is 32.2. The van der Waals surface area contributed by atoms with Crippen molar-refractivity contribution in [1.82, 2.24) is 0 Å². The van der Waals surface area contributed by atoms with Gasteiger partial charge in [-0.15, -0.1) is 11.8 Å². The number of hydrogen-bond acceptors (Lipinski definition) is 3. The molecule has 0 bridgehead atoms. The minimum atomic E-state index is -1.08. The maximum Gasteiger partial charge on any atom is 0.330 e. The van der Waals surface area contributed by atoms with Crippen molar-refractivity contribution in [1.29, 1.82) is 0 Å². The lowest BCUT2D eigenvalue weighted by atomic mass is 10.1. The van der Waals surface area contributed by atoms with Gasteiger partial charge in [-0.1, -0.05) is 29.8 Å². The van der Waals surface area contributed by atoms with E-state index in [-0.39, 0.29) is 5.91 Å². The Kier molecular flexibility index (Phi) is 3.96. The Labute approximate surface area is 138 Å². The maximum absolute atomic E-state index is 12.9. The summed E-state index contributed by atoms with van der Waals surface area (Å²) in [5.74, 6) is -1.27. The molecule has 3 rings (SSSR count). The number of carbonyl (C=O) groups excluding carboxylic acids is 1. The fourth-order valence-electron chi connectivity index (χ4n) is 2.72. The van der Waals surface area contributed by atoms with Crippen molar-refractivity contribution in [2.75, 3.05) is 11.2 Å². The van der Waals surface area contributed by atoms with Gasteiger partial charge in [0.1, 0.15) is 0 Å². The first-order valence-electron chi connectivity index (χ1n) is 7.06. The molecule has 116 valence electrons. The molecular weight excluding hydrogens is 310 g/mol. The van der Waals surface area contributed by atoms with Crippen LogP contribution in [-0.2, 0) is 4.79 Å². The van der Waals surface area contributed by atoms with Gasteiger partial charge in [0.05, 0.1) is 11.4 Å². The van der Waals surface area contributed by atoms with Gasteiger partial charge < -0.3 is 5.11 Å². The monoisotopic (exact) mass is 325 g/mol. The molecule has 0 saturated carbocycles. The number of aryl methyl sites for hydroxylation is 1. The van der Waals surface area contributed by atoms with E-state index in [4.69, 9.17) is 0 Å². The number of benzene rings is 2. The number of carboxylic acid groups (broad SMARTS) is 1. The molecule has 0 saturated heterocycles. The van der Waals surface area contributed by atoms with Crippen LogP contribution in [0.5, 0.6) is 0 Å². The summed E-state index contributed by atoms with van der Waals surface area (Å²) in [5.41, 5.74) is 3.25. The lowest BCUT2D eigenvalue weighted by Gasteiger charge is -2.20. The molecular formula is C18H15NO3S. The highest BCUT2D eigenvalue weighted by Crippen LogP contribution is 2.40. The third kappa shape index (κ3) is 2.64. The molecule has 4 nitrogen and oxygen atoms in total. The Morgan fingerprint density at radius 3 is 2.61 bits per heavy atom. The van der Waals surface area contributed by atoms with Crippen LogP contribution >= 0.6 is 11.8 Å². The minimum absolute atomic E-state index is 0.197. The maximum atomic E-state index is 12.9. The lowest BCUT2D eigenvalue weighted by molar-refractivity contribution is -0.131. The van der Waals surface area contributed by atoms with Gasteiger partial charge in [0.15, 0.2) is 0 Å². The van der Waals surface area contributed by atoms with Crippen LogP contribution in [0.1, 0.15) is 21.5 Å². The Morgan fingerprint density at radius 2 is 1.91 bits per heavy atom. The minimum Gasteiger partial charge on any atom is -0.478 e. The molecule has 0 spiro atoms. The number of anilines is 1. The molecule has 0 aliphatic carbocycles. The summed E-state index contributed by atoms with van der Waals surface area (Å²) in [6.45, 7) is 1.91. The van der Waals surface area contributed by atoms with Crippen LogP contribution in [0, 0.1) is 6.92 Å². The van der Waals surface area contributed by atoms with E-state index >= 15 is 0 Å². The fraction of sp³-hybridized carbons (Fsp3) is 0.111. The largest absolute Gasteiger partial charge is 0.478 e. The van der Waals surface area contributed by atoms with Crippen molar-refractivity contribution in [3.8, 4) is 0 Å². The zero-order chi connectivity index (χ0) is 16.6. The molecule has 0 atom stereocenters. The van der Waals surface area contributed by atoms with Gasteiger partial charge in [-0.05, 0) is 31.4 Å². The van der Waals surface area contributed by atoms with Gasteiger partial charge >= 0.3 is 5.97 Å². The predicted molar refractivity (Wildman–Crippen MR) is 91.8 cm³/mol. The van der Waals surface area contributed by atoms with Crippen LogP contribution in [0.4, 0.5) is 5.69 Å². The average molecular weight is 325 g/mol. The Hall–Kier alpha value is -2.53. The molecule has 0 fully saturated rings. The van der Waals surface area contributed by atoms with Crippen LogP contribution in [0.15, 0.2) is 53.4 Å². The van der Waals surface area contributed by atoms with E-state index in [1.807, 2.05) is 43.5 Å². The standard InChI is InChI=1S/C18H15NO3S/c1-11-7-8-12-13(9-11)18(22)19(15(12)10-17(20)21)14-5-3-4-6-16(14)23-2/h3-10H,1-2H3,(H,20,21)/b15-10+. The van der Waals surface area contributed by atoms with Crippen molar-refractivity contribution < 1.29 is 14.7 Å². The number of aliphatic carboxylic acids is 1. The second-order valence-electron chi connectivity index (χ2n) is 5.23. The van der Waals surface area contributed by atoms with E-state index in [9.17, 15) is 14.7 Å². The second-order valence-corrected chi connectivity index (χ2v) is 6.08. The summed E-state index contributed by atoms with van der Waals surface area (Å²) in [4.78, 5) is 26.6. The molecule has 1 N–H and O–H groups in total. The average Bonchev–Trinajstić information content (AvgIpc) is 2.79. The molecule has 2 aromatic rings. The molecule has 1 heterocycles. The highest BCUT2D eigenvalue weighted by molar-refractivity contribution is 7.98. The number of fused-ring (bicyclic) bond motifs is 1. The summed E-state index contributed by atoms with van der Waals surface area (Å²) in [6, 6.07) is 13.0. The van der Waals surface area contributed by atoms with Gasteiger partial charge in [-0.3, -0.25) is 9.69 Å². The topological polar surface area (TPSA) is 57.6 Å². The molecule has 1 aliphatic rings. The SMILES string of the molecule is CSc1ccccc1N1C(=O)c2cc(C)ccc2/C1=C\C(=O)O. The molecule has 0 aromatic heterocycles. The second kappa shape index (κ2) is 5.93.